The first-order valence-corrected chi connectivity index (χ1v) is 10.2. The van der Waals surface area contributed by atoms with Crippen LogP contribution < -0.4 is 0 Å². The Bertz CT molecular complexity index is 643. The summed E-state index contributed by atoms with van der Waals surface area (Å²) in [5.74, 6) is -0.331. The predicted octanol–water partition coefficient (Wildman–Crippen LogP) is 2.49. The molecule has 3 rings (SSSR count). The first-order chi connectivity index (χ1) is 11.4. The van der Waals surface area contributed by atoms with Crippen molar-refractivity contribution in [3.63, 3.8) is 0 Å². The molecule has 2 aliphatic heterocycles. The third-order valence-corrected chi connectivity index (χ3v) is 5.18. The highest BCUT2D eigenvalue weighted by Crippen LogP contribution is 2.36. The van der Waals surface area contributed by atoms with Gasteiger partial charge in [-0.25, -0.2) is 4.39 Å². The predicted molar refractivity (Wildman–Crippen MR) is 88.6 cm³/mol. The van der Waals surface area contributed by atoms with Crippen molar-refractivity contribution in [2.75, 3.05) is 25.9 Å². The van der Waals surface area contributed by atoms with Crippen molar-refractivity contribution in [1.82, 2.24) is 4.90 Å². The molecule has 2 aliphatic rings. The van der Waals surface area contributed by atoms with E-state index in [0.717, 1.165) is 31.5 Å². The highest BCUT2D eigenvalue weighted by Gasteiger charge is 2.39. The second-order valence-electron chi connectivity index (χ2n) is 6.67. The largest absolute Gasteiger partial charge is 0.366 e. The number of hydrogen-bond acceptors (Lipinski definition) is 5. The van der Waals surface area contributed by atoms with Gasteiger partial charge in [0.1, 0.15) is 18.0 Å². The van der Waals surface area contributed by atoms with Crippen molar-refractivity contribution in [1.29, 1.82) is 0 Å². The highest BCUT2D eigenvalue weighted by atomic mass is 32.2. The summed E-state index contributed by atoms with van der Waals surface area (Å²) in [5.41, 5.74) is 0.742. The van der Waals surface area contributed by atoms with E-state index in [4.69, 9.17) is 8.92 Å². The summed E-state index contributed by atoms with van der Waals surface area (Å²) in [7, 11) is -3.58. The molecule has 5 nitrogen and oxygen atoms in total. The number of benzene rings is 1. The van der Waals surface area contributed by atoms with Crippen LogP contribution in [-0.2, 0) is 19.0 Å². The van der Waals surface area contributed by atoms with Crippen LogP contribution in [0.3, 0.4) is 0 Å². The summed E-state index contributed by atoms with van der Waals surface area (Å²) in [6, 6.07) is 5.96. The zero-order chi connectivity index (χ0) is 17.2. The lowest BCUT2D eigenvalue weighted by atomic mass is 10.0. The quantitative estimate of drug-likeness (QED) is 0.758. The summed E-state index contributed by atoms with van der Waals surface area (Å²) in [6.07, 6.45) is 4.08. The molecule has 2 heterocycles. The molecule has 134 valence electrons. The summed E-state index contributed by atoms with van der Waals surface area (Å²) in [6.45, 7) is 2.89. The minimum Gasteiger partial charge on any atom is -0.366 e. The molecule has 1 aromatic carbocycles. The van der Waals surface area contributed by atoms with Crippen molar-refractivity contribution < 1.29 is 21.7 Å². The minimum absolute atomic E-state index is 0.0788. The van der Waals surface area contributed by atoms with Crippen molar-refractivity contribution in [2.24, 2.45) is 0 Å². The molecule has 0 aromatic heterocycles. The molecular formula is C17H24FNO4S. The molecule has 0 bridgehead atoms. The maximum Gasteiger partial charge on any atom is 0.264 e. The Morgan fingerprint density at radius 3 is 2.50 bits per heavy atom. The maximum absolute atomic E-state index is 13.2. The molecule has 7 heteroatoms. The molecule has 0 aliphatic carbocycles. The molecule has 0 N–H and O–H groups in total. The van der Waals surface area contributed by atoms with Crippen LogP contribution in [0.2, 0.25) is 0 Å². The second-order valence-corrected chi connectivity index (χ2v) is 8.27. The Balaban J connectivity index is 1.72. The van der Waals surface area contributed by atoms with Crippen molar-refractivity contribution in [2.45, 2.75) is 44.0 Å². The van der Waals surface area contributed by atoms with E-state index >= 15 is 0 Å². The Hall–Kier alpha value is -1.02. The Labute approximate surface area is 142 Å². The number of halogens is 1. The van der Waals surface area contributed by atoms with Crippen LogP contribution in [0.5, 0.6) is 0 Å². The molecule has 24 heavy (non-hydrogen) atoms. The lowest BCUT2D eigenvalue weighted by Crippen LogP contribution is -2.36. The van der Waals surface area contributed by atoms with Gasteiger partial charge in [0.2, 0.25) is 0 Å². The smallest absolute Gasteiger partial charge is 0.264 e. The van der Waals surface area contributed by atoms with E-state index in [9.17, 15) is 12.8 Å². The number of ether oxygens (including phenoxy) is 1. The van der Waals surface area contributed by atoms with Crippen LogP contribution in [0.1, 0.15) is 37.4 Å². The van der Waals surface area contributed by atoms with Crippen LogP contribution in [0.15, 0.2) is 24.3 Å². The van der Waals surface area contributed by atoms with Gasteiger partial charge in [-0.05, 0) is 43.6 Å². The molecule has 0 spiro atoms. The number of piperidine rings is 1. The molecular weight excluding hydrogens is 333 g/mol. The highest BCUT2D eigenvalue weighted by molar-refractivity contribution is 7.86. The van der Waals surface area contributed by atoms with Crippen LogP contribution in [0, 0.1) is 5.82 Å². The van der Waals surface area contributed by atoms with E-state index in [1.165, 1.54) is 31.4 Å². The SMILES string of the molecule is CS(=O)(=O)O[C@@H]1C[C@H](CN2CCCCC2)O[C@@H]1c1ccc(F)cc1. The van der Waals surface area contributed by atoms with E-state index in [2.05, 4.69) is 4.90 Å². The van der Waals surface area contributed by atoms with Gasteiger partial charge in [0.15, 0.2) is 0 Å². The lowest BCUT2D eigenvalue weighted by Gasteiger charge is -2.28. The van der Waals surface area contributed by atoms with Crippen molar-refractivity contribution >= 4 is 10.1 Å². The van der Waals surface area contributed by atoms with Crippen LogP contribution in [-0.4, -0.2) is 51.4 Å². The normalized spacial score (nSPS) is 29.0. The third-order valence-electron chi connectivity index (χ3n) is 4.58. The van der Waals surface area contributed by atoms with Gasteiger partial charge in [-0.15, -0.1) is 0 Å². The standard InChI is InChI=1S/C17H24FNO4S/c1-24(20,21)23-16-11-15(12-19-9-3-2-4-10-19)22-17(16)13-5-7-14(18)8-6-13/h5-8,15-17H,2-4,9-12H2,1H3/t15-,16-,17-/m1/s1. The van der Waals surface area contributed by atoms with Crippen LogP contribution in [0.4, 0.5) is 4.39 Å². The molecule has 0 radical (unpaired) electrons. The van der Waals surface area contributed by atoms with Gasteiger partial charge in [-0.2, -0.15) is 8.42 Å². The Kier molecular flexibility index (Phi) is 5.54. The fraction of sp³-hybridized carbons (Fsp3) is 0.647. The van der Waals surface area contributed by atoms with Crippen LogP contribution >= 0.6 is 0 Å². The average molecular weight is 357 g/mol. The fourth-order valence-corrected chi connectivity index (χ4v) is 4.17. The monoisotopic (exact) mass is 357 g/mol. The minimum atomic E-state index is -3.58. The first kappa shape index (κ1) is 17.8. The van der Waals surface area contributed by atoms with E-state index in [1.807, 2.05) is 0 Å². The summed E-state index contributed by atoms with van der Waals surface area (Å²) >= 11 is 0. The Morgan fingerprint density at radius 2 is 1.88 bits per heavy atom. The molecule has 0 unspecified atom stereocenters. The van der Waals surface area contributed by atoms with Gasteiger partial charge < -0.3 is 9.64 Å². The summed E-state index contributed by atoms with van der Waals surface area (Å²) in [5, 5.41) is 0. The van der Waals surface area contributed by atoms with E-state index in [1.54, 1.807) is 12.1 Å². The zero-order valence-electron chi connectivity index (χ0n) is 13.9. The topological polar surface area (TPSA) is 55.8 Å². The number of hydrogen-bond donors (Lipinski definition) is 0. The molecule has 2 saturated heterocycles. The second kappa shape index (κ2) is 7.47. The van der Waals surface area contributed by atoms with Gasteiger partial charge >= 0.3 is 0 Å². The number of rotatable bonds is 5. The van der Waals surface area contributed by atoms with E-state index < -0.39 is 22.3 Å². The van der Waals surface area contributed by atoms with Gasteiger partial charge in [-0.3, -0.25) is 4.18 Å². The Morgan fingerprint density at radius 1 is 1.21 bits per heavy atom. The lowest BCUT2D eigenvalue weighted by molar-refractivity contribution is 0.000523. The maximum atomic E-state index is 13.2. The van der Waals surface area contributed by atoms with Crippen molar-refractivity contribution in [3.8, 4) is 0 Å². The van der Waals surface area contributed by atoms with Crippen molar-refractivity contribution in [3.05, 3.63) is 35.6 Å². The number of nitrogens with zero attached hydrogens (tertiary/aromatic N) is 1. The van der Waals surface area contributed by atoms with Gasteiger partial charge in [0.05, 0.1) is 12.4 Å². The van der Waals surface area contributed by atoms with E-state index in [-0.39, 0.29) is 11.9 Å². The molecule has 0 amide bonds. The average Bonchev–Trinajstić information content (AvgIpc) is 2.89. The van der Waals surface area contributed by atoms with Crippen LogP contribution in [0.25, 0.3) is 0 Å². The van der Waals surface area contributed by atoms with E-state index in [0.29, 0.717) is 6.42 Å². The summed E-state index contributed by atoms with van der Waals surface area (Å²) < 4.78 is 47.6. The third kappa shape index (κ3) is 4.75. The zero-order valence-corrected chi connectivity index (χ0v) is 14.7. The van der Waals surface area contributed by atoms with Gasteiger partial charge in [0.25, 0.3) is 10.1 Å². The molecule has 0 saturated carbocycles. The fourth-order valence-electron chi connectivity index (χ4n) is 3.54. The molecule has 1 aromatic rings. The molecule has 2 fully saturated rings. The first-order valence-electron chi connectivity index (χ1n) is 8.42. The summed E-state index contributed by atoms with van der Waals surface area (Å²) in [4.78, 5) is 2.36. The molecule has 3 atom stereocenters. The number of likely N-dealkylation sites (tertiary alicyclic amines) is 1. The van der Waals surface area contributed by atoms with Gasteiger partial charge in [-0.1, -0.05) is 18.6 Å². The van der Waals surface area contributed by atoms with Gasteiger partial charge in [0, 0.05) is 13.0 Å².